The molecule has 2 fully saturated rings. The van der Waals surface area contributed by atoms with Gasteiger partial charge in [0.25, 0.3) is 0 Å². The van der Waals surface area contributed by atoms with Crippen molar-refractivity contribution in [1.29, 1.82) is 0 Å². The molecule has 0 N–H and O–H groups in total. The summed E-state index contributed by atoms with van der Waals surface area (Å²) in [6, 6.07) is 2.51. The molecule has 0 aliphatic carbocycles. The van der Waals surface area contributed by atoms with Gasteiger partial charge in [-0.05, 0) is 19.1 Å². The van der Waals surface area contributed by atoms with Gasteiger partial charge >= 0.3 is 6.09 Å². The number of piperidine rings is 1. The fraction of sp³-hybridized carbons (Fsp3) is 0.588. The van der Waals surface area contributed by atoms with Crippen molar-refractivity contribution in [3.63, 3.8) is 0 Å². The molecule has 132 valence electrons. The summed E-state index contributed by atoms with van der Waals surface area (Å²) in [5, 5.41) is 0. The van der Waals surface area contributed by atoms with Gasteiger partial charge in [-0.25, -0.2) is 13.6 Å². The molecular weight excluding hydrogens is 318 g/mol. The summed E-state index contributed by atoms with van der Waals surface area (Å²) < 4.78 is 38.3. The zero-order valence-corrected chi connectivity index (χ0v) is 14.0. The molecule has 2 heterocycles. The van der Waals surface area contributed by atoms with Crippen LogP contribution in [-0.4, -0.2) is 54.8 Å². The summed E-state index contributed by atoms with van der Waals surface area (Å²) in [5.41, 5.74) is -0.208. The maximum Gasteiger partial charge on any atom is 0.410 e. The molecule has 2 saturated heterocycles. The molecule has 0 atom stereocenters. The molecule has 0 bridgehead atoms. The fourth-order valence-corrected chi connectivity index (χ4v) is 3.45. The number of benzene rings is 1. The molecule has 3 rings (SSSR count). The zero-order valence-electron chi connectivity index (χ0n) is 14.0. The van der Waals surface area contributed by atoms with Crippen LogP contribution in [0.1, 0.15) is 25.3 Å². The molecule has 2 aliphatic heterocycles. The Morgan fingerprint density at radius 1 is 1.29 bits per heavy atom. The first-order valence-corrected chi connectivity index (χ1v) is 8.19. The summed E-state index contributed by atoms with van der Waals surface area (Å²) in [6.45, 7) is 4.75. The topological polar surface area (TPSA) is 42.0 Å². The Labute approximate surface area is 140 Å². The highest BCUT2D eigenvalue weighted by Crippen LogP contribution is 2.34. The van der Waals surface area contributed by atoms with Crippen LogP contribution in [0.4, 0.5) is 13.6 Å². The monoisotopic (exact) mass is 340 g/mol. The van der Waals surface area contributed by atoms with E-state index in [1.165, 1.54) is 13.2 Å². The number of carbonyl (C=O) groups excluding carboxylic acids is 1. The van der Waals surface area contributed by atoms with Crippen LogP contribution in [0.25, 0.3) is 0 Å². The molecule has 1 aromatic carbocycles. The molecule has 5 nitrogen and oxygen atoms in total. The van der Waals surface area contributed by atoms with E-state index in [2.05, 4.69) is 0 Å². The summed E-state index contributed by atoms with van der Waals surface area (Å²) >= 11 is 0. The van der Waals surface area contributed by atoms with E-state index in [9.17, 15) is 13.6 Å². The summed E-state index contributed by atoms with van der Waals surface area (Å²) in [7, 11) is 1.44. The van der Waals surface area contributed by atoms with Gasteiger partial charge in [0.1, 0.15) is 11.4 Å². The van der Waals surface area contributed by atoms with Crippen molar-refractivity contribution in [1.82, 2.24) is 9.80 Å². The van der Waals surface area contributed by atoms with Gasteiger partial charge in [-0.15, -0.1) is 0 Å². The SMILES string of the molecule is CCN1CC2(CCN(Cc3c(OC)ccc(F)c3F)CC2)OC1=O. The third kappa shape index (κ3) is 3.05. The Balaban J connectivity index is 1.67. The van der Waals surface area contributed by atoms with E-state index < -0.39 is 17.2 Å². The summed E-state index contributed by atoms with van der Waals surface area (Å²) in [4.78, 5) is 15.5. The zero-order chi connectivity index (χ0) is 17.3. The average Bonchev–Trinajstić information content (AvgIpc) is 2.90. The van der Waals surface area contributed by atoms with Gasteiger partial charge in [-0.2, -0.15) is 0 Å². The standard InChI is InChI=1S/C17H22F2N2O3/c1-3-21-11-17(24-16(21)22)6-8-20(9-7-17)10-12-14(23-2)5-4-13(18)15(12)19/h4-5H,3,6-11H2,1-2H3. The van der Waals surface area contributed by atoms with Gasteiger partial charge in [0.2, 0.25) is 0 Å². The number of likely N-dealkylation sites (tertiary alicyclic amines) is 1. The minimum absolute atomic E-state index is 0.229. The maximum atomic E-state index is 14.1. The Bertz CT molecular complexity index is 631. The first kappa shape index (κ1) is 17.0. The highest BCUT2D eigenvalue weighted by molar-refractivity contribution is 5.70. The van der Waals surface area contributed by atoms with Crippen molar-refractivity contribution >= 4 is 6.09 Å². The Morgan fingerprint density at radius 3 is 2.58 bits per heavy atom. The van der Waals surface area contributed by atoms with E-state index in [1.54, 1.807) is 4.90 Å². The van der Waals surface area contributed by atoms with Crippen LogP contribution < -0.4 is 4.74 Å². The third-order valence-corrected chi connectivity index (χ3v) is 4.94. The van der Waals surface area contributed by atoms with Crippen LogP contribution in [0.2, 0.25) is 0 Å². The van der Waals surface area contributed by atoms with E-state index in [4.69, 9.17) is 9.47 Å². The number of hydrogen-bond acceptors (Lipinski definition) is 4. The normalized spacial score (nSPS) is 20.5. The quantitative estimate of drug-likeness (QED) is 0.845. The molecule has 1 aromatic rings. The highest BCUT2D eigenvalue weighted by atomic mass is 19.2. The van der Waals surface area contributed by atoms with Gasteiger partial charge in [0.15, 0.2) is 11.6 Å². The Morgan fingerprint density at radius 2 is 2.00 bits per heavy atom. The Kier molecular flexibility index (Phi) is 4.62. The number of hydrogen-bond donors (Lipinski definition) is 0. The predicted molar refractivity (Wildman–Crippen MR) is 83.9 cm³/mol. The van der Waals surface area contributed by atoms with Crippen LogP contribution in [0, 0.1) is 11.6 Å². The van der Waals surface area contributed by atoms with E-state index in [0.717, 1.165) is 6.07 Å². The first-order chi connectivity index (χ1) is 11.5. The lowest BCUT2D eigenvalue weighted by atomic mass is 9.91. The molecule has 2 aliphatic rings. The number of nitrogens with zero attached hydrogens (tertiary/aromatic N) is 2. The highest BCUT2D eigenvalue weighted by Gasteiger charge is 2.46. The molecular formula is C17H22F2N2O3. The van der Waals surface area contributed by atoms with Gasteiger partial charge in [0, 0.05) is 44.6 Å². The molecule has 0 unspecified atom stereocenters. The summed E-state index contributed by atoms with van der Waals surface area (Å²) in [6.07, 6.45) is 1.12. The van der Waals surface area contributed by atoms with Crippen molar-refractivity contribution < 1.29 is 23.0 Å². The second-order valence-corrected chi connectivity index (χ2v) is 6.38. The number of halogens is 2. The number of likely N-dealkylation sites (N-methyl/N-ethyl adjacent to an activating group) is 1. The van der Waals surface area contributed by atoms with Crippen LogP contribution >= 0.6 is 0 Å². The molecule has 24 heavy (non-hydrogen) atoms. The van der Waals surface area contributed by atoms with Crippen LogP contribution in [0.3, 0.4) is 0 Å². The lowest BCUT2D eigenvalue weighted by Gasteiger charge is -2.37. The van der Waals surface area contributed by atoms with E-state index in [1.807, 2.05) is 11.8 Å². The van der Waals surface area contributed by atoms with E-state index >= 15 is 0 Å². The minimum Gasteiger partial charge on any atom is -0.496 e. The van der Waals surface area contributed by atoms with Crippen LogP contribution in [0.15, 0.2) is 12.1 Å². The average molecular weight is 340 g/mol. The molecule has 0 saturated carbocycles. The van der Waals surface area contributed by atoms with Crippen molar-refractivity contribution in [2.24, 2.45) is 0 Å². The second-order valence-electron chi connectivity index (χ2n) is 6.38. The first-order valence-electron chi connectivity index (χ1n) is 8.19. The maximum absolute atomic E-state index is 14.1. The fourth-order valence-electron chi connectivity index (χ4n) is 3.45. The molecule has 7 heteroatoms. The number of rotatable bonds is 4. The number of carbonyl (C=O) groups is 1. The summed E-state index contributed by atoms with van der Waals surface area (Å²) in [5.74, 6) is -1.39. The van der Waals surface area contributed by atoms with Crippen LogP contribution in [0.5, 0.6) is 5.75 Å². The third-order valence-electron chi connectivity index (χ3n) is 4.94. The minimum atomic E-state index is -0.873. The predicted octanol–water partition coefficient (Wildman–Crippen LogP) is 2.78. The Hall–Kier alpha value is -1.89. The lowest BCUT2D eigenvalue weighted by molar-refractivity contribution is -0.00159. The number of amides is 1. The second kappa shape index (κ2) is 6.55. The van der Waals surface area contributed by atoms with Gasteiger partial charge < -0.3 is 14.4 Å². The molecule has 0 aromatic heterocycles. The molecule has 1 spiro atoms. The molecule has 1 amide bonds. The smallest absolute Gasteiger partial charge is 0.410 e. The van der Waals surface area contributed by atoms with Gasteiger partial charge in [0.05, 0.1) is 13.7 Å². The van der Waals surface area contributed by atoms with Crippen molar-refractivity contribution in [3.8, 4) is 5.75 Å². The van der Waals surface area contributed by atoms with E-state index in [-0.39, 0.29) is 18.2 Å². The van der Waals surface area contributed by atoms with Crippen LogP contribution in [-0.2, 0) is 11.3 Å². The van der Waals surface area contributed by atoms with Crippen molar-refractivity contribution in [3.05, 3.63) is 29.3 Å². The van der Waals surface area contributed by atoms with Crippen molar-refractivity contribution in [2.45, 2.75) is 31.9 Å². The largest absolute Gasteiger partial charge is 0.496 e. The number of ether oxygens (including phenoxy) is 2. The van der Waals surface area contributed by atoms with Gasteiger partial charge in [-0.1, -0.05) is 0 Å². The molecule has 0 radical (unpaired) electrons. The lowest BCUT2D eigenvalue weighted by Crippen LogP contribution is -2.46. The number of methoxy groups -OCH3 is 1. The van der Waals surface area contributed by atoms with E-state index in [0.29, 0.717) is 44.8 Å². The van der Waals surface area contributed by atoms with Crippen molar-refractivity contribution in [2.75, 3.05) is 33.3 Å². The van der Waals surface area contributed by atoms with Gasteiger partial charge in [-0.3, -0.25) is 4.90 Å².